The Kier molecular flexibility index (Phi) is 7.34. The molecule has 2 unspecified atom stereocenters. The molecular weight excluding hydrogens is 566 g/mol. The summed E-state index contributed by atoms with van der Waals surface area (Å²) in [7, 11) is 1.41. The molecule has 2 aliphatic rings. The van der Waals surface area contributed by atoms with E-state index >= 15 is 0 Å². The first-order valence-electron chi connectivity index (χ1n) is 13.3. The molecule has 1 saturated heterocycles. The predicted octanol–water partition coefficient (Wildman–Crippen LogP) is 3.29. The molecule has 224 valence electrons. The minimum Gasteiger partial charge on any atom is -0.507 e. The molecule has 3 aromatic carbocycles. The summed E-state index contributed by atoms with van der Waals surface area (Å²) in [5, 5.41) is 41.0. The van der Waals surface area contributed by atoms with Gasteiger partial charge in [-0.3, -0.25) is 4.79 Å². The van der Waals surface area contributed by atoms with Crippen molar-refractivity contribution in [2.75, 3.05) is 40.0 Å². The van der Waals surface area contributed by atoms with E-state index in [1.807, 2.05) is 0 Å². The fourth-order valence-electron chi connectivity index (χ4n) is 4.99. The smallest absolute Gasteiger partial charge is 0.415 e. The zero-order valence-electron chi connectivity index (χ0n) is 22.8. The molecule has 1 amide bonds. The van der Waals surface area contributed by atoms with Crippen molar-refractivity contribution in [3.05, 3.63) is 64.3 Å². The highest BCUT2D eigenvalue weighted by molar-refractivity contribution is 5.89. The van der Waals surface area contributed by atoms with Gasteiger partial charge < -0.3 is 53.4 Å². The van der Waals surface area contributed by atoms with Crippen LogP contribution in [0.25, 0.3) is 22.3 Å². The Morgan fingerprint density at radius 3 is 2.51 bits per heavy atom. The standard InChI is InChI=1S/C30H27NO12/c1-38-21-10-15(2-4-18(21)33)28-24(14-32)41-20-5-3-16(11-22(20)42-28)29-27(36)26(35)25-19(34)12-17(13-23(25)43-29)40-30(37)31-6-8-39-9-7-31/h2-5,10-13,24,28,32-34,36H,6-9,14H2,1H3. The van der Waals surface area contributed by atoms with Gasteiger partial charge in [0.25, 0.3) is 0 Å². The third kappa shape index (κ3) is 5.19. The second kappa shape index (κ2) is 11.3. The summed E-state index contributed by atoms with van der Waals surface area (Å²) in [5.41, 5.74) is -0.242. The highest BCUT2D eigenvalue weighted by atomic mass is 16.6. The number of morpholine rings is 1. The van der Waals surface area contributed by atoms with Crippen LogP contribution < -0.4 is 24.4 Å². The van der Waals surface area contributed by atoms with Gasteiger partial charge in [-0.25, -0.2) is 4.79 Å². The molecule has 0 bridgehead atoms. The largest absolute Gasteiger partial charge is 0.507 e. The van der Waals surface area contributed by atoms with Crippen LogP contribution in [0.4, 0.5) is 4.79 Å². The van der Waals surface area contributed by atoms with Gasteiger partial charge in [0, 0.05) is 36.3 Å². The second-order valence-corrected chi connectivity index (χ2v) is 9.86. The Morgan fingerprint density at radius 1 is 0.977 bits per heavy atom. The van der Waals surface area contributed by atoms with Crippen LogP contribution in [0.1, 0.15) is 11.7 Å². The zero-order valence-corrected chi connectivity index (χ0v) is 22.8. The van der Waals surface area contributed by atoms with E-state index in [2.05, 4.69) is 0 Å². The summed E-state index contributed by atoms with van der Waals surface area (Å²) in [6.07, 6.45) is -2.25. The Labute approximate surface area is 243 Å². The number of aliphatic hydroxyl groups excluding tert-OH is 1. The summed E-state index contributed by atoms with van der Waals surface area (Å²) < 4.78 is 33.8. The number of rotatable bonds is 5. The van der Waals surface area contributed by atoms with E-state index in [0.29, 0.717) is 37.6 Å². The molecule has 0 radical (unpaired) electrons. The molecule has 4 N–H and O–H groups in total. The van der Waals surface area contributed by atoms with Crippen molar-refractivity contribution in [2.24, 2.45) is 0 Å². The highest BCUT2D eigenvalue weighted by Crippen LogP contribution is 2.44. The predicted molar refractivity (Wildman–Crippen MR) is 149 cm³/mol. The van der Waals surface area contributed by atoms with Gasteiger partial charge in [-0.1, -0.05) is 6.07 Å². The van der Waals surface area contributed by atoms with Gasteiger partial charge in [0.2, 0.25) is 11.2 Å². The van der Waals surface area contributed by atoms with Crippen LogP contribution in [0.3, 0.4) is 0 Å². The molecule has 6 rings (SSSR count). The van der Waals surface area contributed by atoms with Gasteiger partial charge in [0.05, 0.1) is 26.9 Å². The number of nitrogens with zero attached hydrogens (tertiary/aromatic N) is 1. The fourth-order valence-corrected chi connectivity index (χ4v) is 4.99. The molecule has 2 atom stereocenters. The van der Waals surface area contributed by atoms with Crippen molar-refractivity contribution in [3.8, 4) is 51.6 Å². The number of aromatic hydroxyl groups is 3. The van der Waals surface area contributed by atoms with Crippen LogP contribution in [-0.2, 0) is 4.74 Å². The van der Waals surface area contributed by atoms with Gasteiger partial charge in [0.1, 0.15) is 22.5 Å². The molecule has 0 spiro atoms. The molecule has 13 heteroatoms. The van der Waals surface area contributed by atoms with E-state index in [1.165, 1.54) is 42.3 Å². The average molecular weight is 594 g/mol. The van der Waals surface area contributed by atoms with E-state index in [1.54, 1.807) is 12.1 Å². The molecule has 43 heavy (non-hydrogen) atoms. The Morgan fingerprint density at radius 2 is 1.77 bits per heavy atom. The minimum atomic E-state index is -0.899. The number of benzene rings is 3. The topological polar surface area (TPSA) is 178 Å². The lowest BCUT2D eigenvalue weighted by molar-refractivity contribution is -0.0123. The molecule has 0 aliphatic carbocycles. The van der Waals surface area contributed by atoms with Gasteiger partial charge in [-0.05, 0) is 30.3 Å². The van der Waals surface area contributed by atoms with E-state index < -0.39 is 35.2 Å². The molecule has 1 fully saturated rings. The van der Waals surface area contributed by atoms with Crippen molar-refractivity contribution in [1.82, 2.24) is 4.90 Å². The normalized spacial score (nSPS) is 18.0. The zero-order chi connectivity index (χ0) is 30.2. The third-order valence-corrected chi connectivity index (χ3v) is 7.19. The van der Waals surface area contributed by atoms with Gasteiger partial charge in [0.15, 0.2) is 41.0 Å². The van der Waals surface area contributed by atoms with Crippen molar-refractivity contribution in [2.45, 2.75) is 12.2 Å². The summed E-state index contributed by atoms with van der Waals surface area (Å²) in [6.45, 7) is 1.05. The lowest BCUT2D eigenvalue weighted by atomic mass is 10.0. The third-order valence-electron chi connectivity index (χ3n) is 7.19. The number of ether oxygens (including phenoxy) is 5. The van der Waals surface area contributed by atoms with Crippen molar-refractivity contribution in [1.29, 1.82) is 0 Å². The molecule has 2 aliphatic heterocycles. The quantitative estimate of drug-likeness (QED) is 0.266. The van der Waals surface area contributed by atoms with Crippen molar-refractivity contribution in [3.63, 3.8) is 0 Å². The molecule has 1 aromatic heterocycles. The first kappa shape index (κ1) is 28.0. The maximum Gasteiger partial charge on any atom is 0.415 e. The van der Waals surface area contributed by atoms with Gasteiger partial charge >= 0.3 is 6.09 Å². The van der Waals surface area contributed by atoms with Crippen LogP contribution >= 0.6 is 0 Å². The number of phenols is 2. The molecule has 4 aromatic rings. The first-order chi connectivity index (χ1) is 20.8. The minimum absolute atomic E-state index is 0.0642. The number of aliphatic hydroxyl groups is 1. The van der Waals surface area contributed by atoms with Gasteiger partial charge in [-0.2, -0.15) is 0 Å². The highest BCUT2D eigenvalue weighted by Gasteiger charge is 2.34. The first-order valence-corrected chi connectivity index (χ1v) is 13.3. The molecule has 0 saturated carbocycles. The molecular formula is C30H27NO12. The van der Waals surface area contributed by atoms with Crippen LogP contribution in [0.5, 0.6) is 40.2 Å². The number of fused-ring (bicyclic) bond motifs is 2. The maximum absolute atomic E-state index is 13.1. The SMILES string of the molecule is COc1cc(C2Oc3cc(-c4oc5cc(OC(=O)N6CCOCC6)cc(O)c5c(=O)c4O)ccc3OC2CO)ccc1O. The summed E-state index contributed by atoms with van der Waals surface area (Å²) >= 11 is 0. The van der Waals surface area contributed by atoms with E-state index in [-0.39, 0.29) is 51.9 Å². The van der Waals surface area contributed by atoms with Crippen molar-refractivity contribution < 1.29 is 53.3 Å². The number of hydrogen-bond donors (Lipinski definition) is 4. The summed E-state index contributed by atoms with van der Waals surface area (Å²) in [6, 6.07) is 11.5. The van der Waals surface area contributed by atoms with Crippen LogP contribution in [0.15, 0.2) is 57.7 Å². The van der Waals surface area contributed by atoms with Crippen LogP contribution in [-0.4, -0.2) is 77.5 Å². The Bertz CT molecular complexity index is 1760. The maximum atomic E-state index is 13.1. The Hall–Kier alpha value is -5.14. The summed E-state index contributed by atoms with van der Waals surface area (Å²) in [4.78, 5) is 27.1. The van der Waals surface area contributed by atoms with Gasteiger partial charge in [-0.15, -0.1) is 0 Å². The lowest BCUT2D eigenvalue weighted by Gasteiger charge is -2.33. The average Bonchev–Trinajstić information content (AvgIpc) is 3.02. The second-order valence-electron chi connectivity index (χ2n) is 9.86. The molecule has 13 nitrogen and oxygen atoms in total. The summed E-state index contributed by atoms with van der Waals surface area (Å²) in [5.74, 6) is -0.943. The number of hydrogen-bond acceptors (Lipinski definition) is 12. The lowest BCUT2D eigenvalue weighted by Crippen LogP contribution is -2.42. The number of amides is 1. The van der Waals surface area contributed by atoms with E-state index in [4.69, 9.17) is 28.1 Å². The number of carbonyl (C=O) groups excluding carboxylic acids is 1. The number of phenolic OH excluding ortho intramolecular Hbond substituents is 2. The Balaban J connectivity index is 1.36. The van der Waals surface area contributed by atoms with Crippen molar-refractivity contribution >= 4 is 17.1 Å². The fraction of sp³-hybridized carbons (Fsp3) is 0.267. The van der Waals surface area contributed by atoms with E-state index in [0.717, 1.165) is 6.07 Å². The van der Waals surface area contributed by atoms with E-state index in [9.17, 15) is 30.0 Å². The number of methoxy groups -OCH3 is 1. The van der Waals surface area contributed by atoms with Crippen LogP contribution in [0.2, 0.25) is 0 Å². The van der Waals surface area contributed by atoms with Crippen LogP contribution in [0, 0.1) is 0 Å². The number of carbonyl (C=O) groups is 1. The monoisotopic (exact) mass is 593 g/mol. The molecule has 3 heterocycles.